The van der Waals surface area contributed by atoms with Crippen molar-refractivity contribution < 1.29 is 18.0 Å². The SMILES string of the molecule is O=C(Nc1ccc(-c2cc(C3CC3)nc3[nH]ncc23)cc1)Nc1cccc(C(F)(F)F)c1. The Kier molecular flexibility index (Phi) is 4.80. The van der Waals surface area contributed by atoms with Crippen molar-refractivity contribution in [3.05, 3.63) is 72.1 Å². The van der Waals surface area contributed by atoms with Gasteiger partial charge in [-0.05, 0) is 60.4 Å². The van der Waals surface area contributed by atoms with Gasteiger partial charge in [0.1, 0.15) is 0 Å². The number of nitrogens with zero attached hydrogens (tertiary/aromatic N) is 2. The summed E-state index contributed by atoms with van der Waals surface area (Å²) in [6.45, 7) is 0. The summed E-state index contributed by atoms with van der Waals surface area (Å²) < 4.78 is 38.5. The van der Waals surface area contributed by atoms with Crippen LogP contribution in [0, 0.1) is 0 Å². The fourth-order valence-electron chi connectivity index (χ4n) is 3.58. The first-order valence-corrected chi connectivity index (χ1v) is 10.1. The molecule has 6 nitrogen and oxygen atoms in total. The van der Waals surface area contributed by atoms with Crippen molar-refractivity contribution in [2.75, 3.05) is 10.6 Å². The minimum Gasteiger partial charge on any atom is -0.308 e. The van der Waals surface area contributed by atoms with Gasteiger partial charge in [0, 0.05) is 28.4 Å². The van der Waals surface area contributed by atoms with Gasteiger partial charge in [-0.2, -0.15) is 18.3 Å². The summed E-state index contributed by atoms with van der Waals surface area (Å²) in [4.78, 5) is 16.9. The minimum absolute atomic E-state index is 0.0562. The number of aromatic amines is 1. The van der Waals surface area contributed by atoms with Crippen molar-refractivity contribution in [1.82, 2.24) is 15.2 Å². The summed E-state index contributed by atoms with van der Waals surface area (Å²) in [7, 11) is 0. The van der Waals surface area contributed by atoms with Gasteiger partial charge < -0.3 is 10.6 Å². The Morgan fingerprint density at radius 2 is 1.75 bits per heavy atom. The van der Waals surface area contributed by atoms with E-state index < -0.39 is 17.8 Å². The zero-order valence-corrected chi connectivity index (χ0v) is 16.7. The van der Waals surface area contributed by atoms with E-state index in [1.165, 1.54) is 12.1 Å². The van der Waals surface area contributed by atoms with Crippen LogP contribution in [-0.4, -0.2) is 21.2 Å². The van der Waals surface area contributed by atoms with Crippen molar-refractivity contribution in [2.24, 2.45) is 0 Å². The molecule has 1 aliphatic rings. The molecule has 9 heteroatoms. The lowest BCUT2D eigenvalue weighted by atomic mass is 10.0. The molecule has 0 bridgehead atoms. The summed E-state index contributed by atoms with van der Waals surface area (Å²) in [5, 5.41) is 13.0. The van der Waals surface area contributed by atoms with Crippen molar-refractivity contribution in [3.63, 3.8) is 0 Å². The van der Waals surface area contributed by atoms with Crippen LogP contribution in [0.3, 0.4) is 0 Å². The van der Waals surface area contributed by atoms with Crippen LogP contribution in [0.4, 0.5) is 29.3 Å². The second-order valence-electron chi connectivity index (χ2n) is 7.74. The fourth-order valence-corrected chi connectivity index (χ4v) is 3.58. The molecule has 5 rings (SSSR count). The van der Waals surface area contributed by atoms with E-state index in [1.807, 2.05) is 12.1 Å². The Balaban J connectivity index is 1.32. The number of hydrogen-bond donors (Lipinski definition) is 3. The number of pyridine rings is 1. The number of aromatic nitrogens is 3. The zero-order chi connectivity index (χ0) is 22.3. The van der Waals surface area contributed by atoms with Crippen molar-refractivity contribution in [3.8, 4) is 11.1 Å². The summed E-state index contributed by atoms with van der Waals surface area (Å²) in [5.41, 5.74) is 3.48. The minimum atomic E-state index is -4.48. The lowest BCUT2D eigenvalue weighted by Gasteiger charge is -2.11. The number of hydrogen-bond acceptors (Lipinski definition) is 3. The fraction of sp³-hybridized carbons (Fsp3) is 0.174. The number of nitrogens with one attached hydrogen (secondary N) is 3. The van der Waals surface area contributed by atoms with Gasteiger partial charge in [-0.1, -0.05) is 18.2 Å². The van der Waals surface area contributed by atoms with Crippen LogP contribution in [0.1, 0.15) is 30.0 Å². The Labute approximate surface area is 180 Å². The molecule has 1 fully saturated rings. The molecule has 2 aromatic heterocycles. The maximum Gasteiger partial charge on any atom is 0.416 e. The molecule has 0 unspecified atom stereocenters. The van der Waals surface area contributed by atoms with Gasteiger partial charge in [0.25, 0.3) is 0 Å². The zero-order valence-electron chi connectivity index (χ0n) is 16.7. The summed E-state index contributed by atoms with van der Waals surface area (Å²) in [6.07, 6.45) is -0.467. The Hall–Kier alpha value is -3.88. The van der Waals surface area contributed by atoms with E-state index >= 15 is 0 Å². The molecule has 162 valence electrons. The predicted octanol–water partition coefficient (Wildman–Crippen LogP) is 6.17. The first kappa shape index (κ1) is 20.0. The van der Waals surface area contributed by atoms with Gasteiger partial charge in [0.15, 0.2) is 5.65 Å². The number of anilines is 2. The average molecular weight is 437 g/mol. The molecule has 0 radical (unpaired) electrons. The quantitative estimate of drug-likeness (QED) is 0.357. The van der Waals surface area contributed by atoms with Crippen LogP contribution in [0.5, 0.6) is 0 Å². The molecule has 32 heavy (non-hydrogen) atoms. The van der Waals surface area contributed by atoms with Gasteiger partial charge in [-0.3, -0.25) is 5.10 Å². The van der Waals surface area contributed by atoms with Gasteiger partial charge in [0.05, 0.1) is 11.8 Å². The van der Waals surface area contributed by atoms with Crippen molar-refractivity contribution >= 4 is 28.4 Å². The molecule has 0 saturated heterocycles. The molecular formula is C23H18F3N5O. The van der Waals surface area contributed by atoms with Gasteiger partial charge in [-0.15, -0.1) is 0 Å². The second kappa shape index (κ2) is 7.67. The molecule has 0 atom stereocenters. The third-order valence-electron chi connectivity index (χ3n) is 5.34. The third-order valence-corrected chi connectivity index (χ3v) is 5.34. The molecule has 2 amide bonds. The van der Waals surface area contributed by atoms with Gasteiger partial charge in [0.2, 0.25) is 0 Å². The number of rotatable bonds is 4. The highest BCUT2D eigenvalue weighted by Crippen LogP contribution is 2.41. The van der Waals surface area contributed by atoms with Crippen LogP contribution in [-0.2, 0) is 6.18 Å². The molecular weight excluding hydrogens is 419 g/mol. The smallest absolute Gasteiger partial charge is 0.308 e. The lowest BCUT2D eigenvalue weighted by Crippen LogP contribution is -2.19. The molecule has 0 aliphatic heterocycles. The normalized spacial score (nSPS) is 13.8. The van der Waals surface area contributed by atoms with Gasteiger partial charge >= 0.3 is 12.2 Å². The van der Waals surface area contributed by atoms with E-state index in [4.69, 9.17) is 0 Å². The van der Waals surface area contributed by atoms with Crippen LogP contribution in [0.15, 0.2) is 60.8 Å². The number of benzene rings is 2. The van der Waals surface area contributed by atoms with Crippen molar-refractivity contribution in [2.45, 2.75) is 24.9 Å². The van der Waals surface area contributed by atoms with E-state index in [0.717, 1.165) is 52.8 Å². The predicted molar refractivity (Wildman–Crippen MR) is 115 cm³/mol. The topological polar surface area (TPSA) is 82.7 Å². The molecule has 0 spiro atoms. The number of amides is 2. The molecule has 4 aromatic rings. The van der Waals surface area contributed by atoms with E-state index in [1.54, 1.807) is 18.3 Å². The number of fused-ring (bicyclic) bond motifs is 1. The van der Waals surface area contributed by atoms with Gasteiger partial charge in [-0.25, -0.2) is 9.78 Å². The lowest BCUT2D eigenvalue weighted by molar-refractivity contribution is -0.137. The maximum absolute atomic E-state index is 12.8. The standard InChI is InChI=1S/C23H18F3N5O/c24-23(25,26)15-2-1-3-17(10-15)29-22(32)28-16-8-6-13(7-9-16)18-11-20(14-4-5-14)30-21-19(18)12-27-31-21/h1-3,6-12,14H,4-5H2,(H,27,30,31)(H2,28,29,32). The first-order valence-electron chi connectivity index (χ1n) is 10.1. The first-order chi connectivity index (χ1) is 15.4. The monoisotopic (exact) mass is 437 g/mol. The third kappa shape index (κ3) is 4.14. The molecule has 1 aliphatic carbocycles. The molecule has 3 N–H and O–H groups in total. The van der Waals surface area contributed by atoms with E-state index in [2.05, 4.69) is 31.9 Å². The Bertz CT molecular complexity index is 1290. The molecule has 2 heterocycles. The van der Waals surface area contributed by atoms with E-state index in [0.29, 0.717) is 11.6 Å². The number of carbonyl (C=O) groups is 1. The number of urea groups is 1. The van der Waals surface area contributed by atoms with Crippen LogP contribution in [0.25, 0.3) is 22.2 Å². The highest BCUT2D eigenvalue weighted by Gasteiger charge is 2.30. The largest absolute Gasteiger partial charge is 0.416 e. The van der Waals surface area contributed by atoms with Crippen LogP contribution >= 0.6 is 0 Å². The number of carbonyl (C=O) groups excluding carboxylic acids is 1. The average Bonchev–Trinajstić information content (AvgIpc) is 3.50. The number of halogens is 3. The summed E-state index contributed by atoms with van der Waals surface area (Å²) >= 11 is 0. The number of alkyl halides is 3. The number of H-pyrrole nitrogens is 1. The summed E-state index contributed by atoms with van der Waals surface area (Å²) in [5.74, 6) is 0.488. The summed E-state index contributed by atoms with van der Waals surface area (Å²) in [6, 6.07) is 13.2. The Morgan fingerprint density at radius 1 is 1.00 bits per heavy atom. The van der Waals surface area contributed by atoms with E-state index in [-0.39, 0.29) is 5.69 Å². The highest BCUT2D eigenvalue weighted by atomic mass is 19.4. The van der Waals surface area contributed by atoms with Crippen LogP contribution in [0.2, 0.25) is 0 Å². The maximum atomic E-state index is 12.8. The second-order valence-corrected chi connectivity index (χ2v) is 7.74. The van der Waals surface area contributed by atoms with E-state index in [9.17, 15) is 18.0 Å². The Morgan fingerprint density at radius 3 is 2.47 bits per heavy atom. The van der Waals surface area contributed by atoms with Crippen molar-refractivity contribution in [1.29, 1.82) is 0 Å². The highest BCUT2D eigenvalue weighted by molar-refractivity contribution is 6.00. The molecule has 2 aromatic carbocycles. The molecule has 1 saturated carbocycles. The van der Waals surface area contributed by atoms with Crippen LogP contribution < -0.4 is 10.6 Å².